The molecule has 1 heterocycles. The third-order valence-electron chi connectivity index (χ3n) is 2.20. The second-order valence-corrected chi connectivity index (χ2v) is 4.98. The van der Waals surface area contributed by atoms with Gasteiger partial charge in [0.25, 0.3) is 0 Å². The summed E-state index contributed by atoms with van der Waals surface area (Å²) in [6, 6.07) is 0. The molecule has 1 saturated heterocycles. The van der Waals surface area contributed by atoms with Crippen LogP contribution in [0.5, 0.6) is 0 Å². The molecule has 0 aromatic carbocycles. The summed E-state index contributed by atoms with van der Waals surface area (Å²) in [5.41, 5.74) is -0.487. The van der Waals surface area contributed by atoms with Crippen LogP contribution in [0.2, 0.25) is 0 Å². The second kappa shape index (κ2) is 5.50. The molecule has 5 nitrogen and oxygen atoms in total. The molecule has 1 amide bonds. The summed E-state index contributed by atoms with van der Waals surface area (Å²) in [5, 5.41) is 9.44. The number of carbonyl (C=O) groups is 1. The fourth-order valence-corrected chi connectivity index (χ4v) is 1.40. The summed E-state index contributed by atoms with van der Waals surface area (Å²) >= 11 is 0. The third kappa shape index (κ3) is 4.81. The van der Waals surface area contributed by atoms with E-state index in [9.17, 15) is 9.90 Å². The molecule has 1 aliphatic rings. The van der Waals surface area contributed by atoms with Crippen LogP contribution in [0.1, 0.15) is 27.2 Å². The minimum absolute atomic E-state index is 0.342. The van der Waals surface area contributed by atoms with Crippen molar-refractivity contribution in [2.24, 2.45) is 0 Å². The molecule has 1 atom stereocenters. The van der Waals surface area contributed by atoms with Gasteiger partial charge in [0.15, 0.2) is 0 Å². The number of nitrogens with zero attached hydrogens (tertiary/aromatic N) is 1. The van der Waals surface area contributed by atoms with E-state index in [0.29, 0.717) is 32.7 Å². The summed E-state index contributed by atoms with van der Waals surface area (Å²) < 4.78 is 10.5. The molecule has 0 saturated carbocycles. The van der Waals surface area contributed by atoms with Gasteiger partial charge in [-0.1, -0.05) is 0 Å². The maximum atomic E-state index is 11.8. The lowest BCUT2D eigenvalue weighted by atomic mass is 10.2. The first-order valence-electron chi connectivity index (χ1n) is 5.62. The van der Waals surface area contributed by atoms with Gasteiger partial charge < -0.3 is 19.5 Å². The lowest BCUT2D eigenvalue weighted by Crippen LogP contribution is -2.42. The first-order valence-corrected chi connectivity index (χ1v) is 5.62. The Morgan fingerprint density at radius 1 is 1.44 bits per heavy atom. The maximum absolute atomic E-state index is 11.8. The highest BCUT2D eigenvalue weighted by Gasteiger charge is 2.23. The molecule has 1 rings (SSSR count). The zero-order valence-electron chi connectivity index (χ0n) is 10.2. The normalized spacial score (nSPS) is 23.5. The number of amides is 1. The van der Waals surface area contributed by atoms with E-state index in [-0.39, 0.29) is 6.09 Å². The van der Waals surface area contributed by atoms with Gasteiger partial charge in [-0.25, -0.2) is 4.79 Å². The number of aliphatic hydroxyl groups excluding tert-OH is 1. The van der Waals surface area contributed by atoms with Crippen molar-refractivity contribution in [1.29, 1.82) is 0 Å². The number of hydrogen-bond donors (Lipinski definition) is 1. The Morgan fingerprint density at radius 2 is 2.12 bits per heavy atom. The van der Waals surface area contributed by atoms with Crippen molar-refractivity contribution in [3.05, 3.63) is 0 Å². The highest BCUT2D eigenvalue weighted by atomic mass is 16.6. The lowest BCUT2D eigenvalue weighted by molar-refractivity contribution is -0.0156. The van der Waals surface area contributed by atoms with E-state index in [1.807, 2.05) is 20.8 Å². The van der Waals surface area contributed by atoms with Gasteiger partial charge in [-0.15, -0.1) is 0 Å². The van der Waals surface area contributed by atoms with Crippen LogP contribution in [0.15, 0.2) is 0 Å². The SMILES string of the molecule is CC(C)(C)OC(=O)N1CCOCC(O)CC1. The summed E-state index contributed by atoms with van der Waals surface area (Å²) in [5.74, 6) is 0. The first-order chi connectivity index (χ1) is 7.38. The van der Waals surface area contributed by atoms with Gasteiger partial charge >= 0.3 is 6.09 Å². The topological polar surface area (TPSA) is 59.0 Å². The van der Waals surface area contributed by atoms with Gasteiger partial charge in [-0.05, 0) is 27.2 Å². The molecule has 0 spiro atoms. The molecule has 1 fully saturated rings. The van der Waals surface area contributed by atoms with Crippen molar-refractivity contribution < 1.29 is 19.4 Å². The van der Waals surface area contributed by atoms with Crippen LogP contribution in [0.4, 0.5) is 4.79 Å². The highest BCUT2D eigenvalue weighted by Crippen LogP contribution is 2.11. The smallest absolute Gasteiger partial charge is 0.410 e. The van der Waals surface area contributed by atoms with Gasteiger partial charge in [0, 0.05) is 13.1 Å². The highest BCUT2D eigenvalue weighted by molar-refractivity contribution is 5.68. The quantitative estimate of drug-likeness (QED) is 0.676. The van der Waals surface area contributed by atoms with Crippen LogP contribution in [-0.2, 0) is 9.47 Å². The Balaban J connectivity index is 2.47. The van der Waals surface area contributed by atoms with Crippen LogP contribution < -0.4 is 0 Å². The van der Waals surface area contributed by atoms with Crippen LogP contribution >= 0.6 is 0 Å². The standard InChI is InChI=1S/C11H21NO4/c1-11(2,3)16-10(14)12-5-4-9(13)8-15-7-6-12/h9,13H,4-8H2,1-3H3. The minimum atomic E-state index is -0.495. The van der Waals surface area contributed by atoms with E-state index in [1.165, 1.54) is 0 Å². The van der Waals surface area contributed by atoms with Gasteiger partial charge in [0.05, 0.1) is 19.3 Å². The largest absolute Gasteiger partial charge is 0.444 e. The predicted molar refractivity (Wildman–Crippen MR) is 59.2 cm³/mol. The number of rotatable bonds is 0. The van der Waals surface area contributed by atoms with Crippen LogP contribution in [0, 0.1) is 0 Å². The third-order valence-corrected chi connectivity index (χ3v) is 2.20. The fraction of sp³-hybridized carbons (Fsp3) is 0.909. The summed E-state index contributed by atoms with van der Waals surface area (Å²) in [4.78, 5) is 13.3. The first kappa shape index (κ1) is 13.3. The Labute approximate surface area is 96.3 Å². The van der Waals surface area contributed by atoms with Crippen molar-refractivity contribution in [3.8, 4) is 0 Å². The Hall–Kier alpha value is -0.810. The maximum Gasteiger partial charge on any atom is 0.410 e. The van der Waals surface area contributed by atoms with Gasteiger partial charge in [-0.2, -0.15) is 0 Å². The van der Waals surface area contributed by atoms with Crippen LogP contribution in [0.25, 0.3) is 0 Å². The molecule has 94 valence electrons. The molecule has 0 aromatic rings. The van der Waals surface area contributed by atoms with Crippen molar-refractivity contribution in [2.75, 3.05) is 26.3 Å². The molecule has 1 unspecified atom stereocenters. The van der Waals surface area contributed by atoms with Crippen molar-refractivity contribution in [1.82, 2.24) is 4.90 Å². The zero-order chi connectivity index (χ0) is 12.2. The molecular weight excluding hydrogens is 210 g/mol. The molecule has 16 heavy (non-hydrogen) atoms. The molecule has 1 aliphatic heterocycles. The summed E-state index contributed by atoms with van der Waals surface area (Å²) in [6.07, 6.45) is -0.311. The number of aliphatic hydroxyl groups is 1. The molecule has 0 bridgehead atoms. The Morgan fingerprint density at radius 3 is 2.75 bits per heavy atom. The van der Waals surface area contributed by atoms with E-state index in [4.69, 9.17) is 9.47 Å². The van der Waals surface area contributed by atoms with Gasteiger partial charge in [0.2, 0.25) is 0 Å². The number of carbonyl (C=O) groups excluding carboxylic acids is 1. The lowest BCUT2D eigenvalue weighted by Gasteiger charge is -2.29. The minimum Gasteiger partial charge on any atom is -0.444 e. The summed E-state index contributed by atoms with van der Waals surface area (Å²) in [7, 11) is 0. The van der Waals surface area contributed by atoms with E-state index in [0.717, 1.165) is 0 Å². The second-order valence-electron chi connectivity index (χ2n) is 4.98. The van der Waals surface area contributed by atoms with Crippen molar-refractivity contribution in [3.63, 3.8) is 0 Å². The van der Waals surface area contributed by atoms with Gasteiger partial charge in [-0.3, -0.25) is 0 Å². The van der Waals surface area contributed by atoms with E-state index in [1.54, 1.807) is 4.90 Å². The molecule has 0 aromatic heterocycles. The fourth-order valence-electron chi connectivity index (χ4n) is 1.40. The Bertz CT molecular complexity index is 237. The molecule has 1 N–H and O–H groups in total. The number of hydrogen-bond acceptors (Lipinski definition) is 4. The van der Waals surface area contributed by atoms with E-state index in [2.05, 4.69) is 0 Å². The van der Waals surface area contributed by atoms with Crippen molar-refractivity contribution >= 4 is 6.09 Å². The molecule has 0 aliphatic carbocycles. The monoisotopic (exact) mass is 231 g/mol. The average molecular weight is 231 g/mol. The average Bonchev–Trinajstić information content (AvgIpc) is 2.08. The number of ether oxygens (including phenoxy) is 2. The predicted octanol–water partition coefficient (Wildman–Crippen LogP) is 1.00. The Kier molecular flexibility index (Phi) is 4.56. The van der Waals surface area contributed by atoms with Crippen LogP contribution in [0.3, 0.4) is 0 Å². The zero-order valence-corrected chi connectivity index (χ0v) is 10.2. The molecular formula is C11H21NO4. The van der Waals surface area contributed by atoms with Crippen molar-refractivity contribution in [2.45, 2.75) is 38.9 Å². The van der Waals surface area contributed by atoms with Crippen LogP contribution in [-0.4, -0.2) is 54.1 Å². The van der Waals surface area contributed by atoms with E-state index < -0.39 is 11.7 Å². The molecule has 5 heteroatoms. The van der Waals surface area contributed by atoms with Gasteiger partial charge in [0.1, 0.15) is 5.60 Å². The van der Waals surface area contributed by atoms with E-state index >= 15 is 0 Å². The molecule has 0 radical (unpaired) electrons. The summed E-state index contributed by atoms with van der Waals surface area (Å²) in [6.45, 7) is 7.32.